The average molecular weight is 241 g/mol. The van der Waals surface area contributed by atoms with Crippen molar-refractivity contribution in [3.05, 3.63) is 47.6 Å². The molecule has 3 nitrogen and oxygen atoms in total. The van der Waals surface area contributed by atoms with Gasteiger partial charge in [0.2, 0.25) is 0 Å². The maximum absolute atomic E-state index is 4.57. The fourth-order valence-electron chi connectivity index (χ4n) is 1.75. The minimum Gasteiger partial charge on any atom is -0.330 e. The van der Waals surface area contributed by atoms with Crippen molar-refractivity contribution < 1.29 is 0 Å². The van der Waals surface area contributed by atoms with E-state index < -0.39 is 0 Å². The quantitative estimate of drug-likeness (QED) is 0.742. The fraction of sp³-hybridized carbons (Fsp3) is 0.0769. The van der Waals surface area contributed by atoms with Crippen molar-refractivity contribution in [1.82, 2.24) is 9.97 Å². The van der Waals surface area contributed by atoms with E-state index in [0.717, 1.165) is 27.4 Å². The van der Waals surface area contributed by atoms with Gasteiger partial charge in [0.1, 0.15) is 0 Å². The highest BCUT2D eigenvalue weighted by Crippen LogP contribution is 2.25. The lowest BCUT2D eigenvalue weighted by atomic mass is 10.2. The Hall–Kier alpha value is -1.94. The molecule has 0 unspecified atom stereocenters. The van der Waals surface area contributed by atoms with E-state index in [1.165, 1.54) is 0 Å². The molecular weight excluding hydrogens is 230 g/mol. The van der Waals surface area contributed by atoms with Gasteiger partial charge < -0.3 is 5.32 Å². The topological polar surface area (TPSA) is 37.8 Å². The Balaban J connectivity index is 2.12. The Morgan fingerprint density at radius 1 is 1.18 bits per heavy atom. The monoisotopic (exact) mass is 241 g/mol. The summed E-state index contributed by atoms with van der Waals surface area (Å²) < 4.78 is 0. The standard InChI is InChI=1S/C13H11N3S/c1-9-5-6-10-3-2-4-11(12(10)15-9)16-13-14-7-8-17-13/h2-8H,1H3,(H,14,16). The van der Waals surface area contributed by atoms with Gasteiger partial charge in [-0.05, 0) is 19.1 Å². The highest BCUT2D eigenvalue weighted by molar-refractivity contribution is 7.13. The minimum absolute atomic E-state index is 0.890. The number of nitrogens with zero attached hydrogens (tertiary/aromatic N) is 2. The van der Waals surface area contributed by atoms with Gasteiger partial charge in [0.15, 0.2) is 5.13 Å². The Morgan fingerprint density at radius 3 is 2.94 bits per heavy atom. The highest BCUT2D eigenvalue weighted by Gasteiger charge is 2.03. The third-order valence-corrected chi connectivity index (χ3v) is 3.22. The lowest BCUT2D eigenvalue weighted by molar-refractivity contribution is 1.25. The van der Waals surface area contributed by atoms with Gasteiger partial charge in [-0.1, -0.05) is 18.2 Å². The molecular formula is C13H11N3S. The van der Waals surface area contributed by atoms with Gasteiger partial charge in [-0.15, -0.1) is 11.3 Å². The van der Waals surface area contributed by atoms with Gasteiger partial charge in [-0.3, -0.25) is 4.98 Å². The van der Waals surface area contributed by atoms with Gasteiger partial charge in [0.25, 0.3) is 0 Å². The summed E-state index contributed by atoms with van der Waals surface area (Å²) in [6, 6.07) is 10.2. The van der Waals surface area contributed by atoms with Gasteiger partial charge in [0.05, 0.1) is 11.2 Å². The molecule has 1 N–H and O–H groups in total. The van der Waals surface area contributed by atoms with E-state index in [9.17, 15) is 0 Å². The van der Waals surface area contributed by atoms with Crippen LogP contribution in [-0.4, -0.2) is 9.97 Å². The average Bonchev–Trinajstić information content (AvgIpc) is 2.83. The largest absolute Gasteiger partial charge is 0.330 e. The Morgan fingerprint density at radius 2 is 2.12 bits per heavy atom. The molecule has 3 aromatic rings. The molecule has 2 aromatic heterocycles. The third-order valence-electron chi connectivity index (χ3n) is 2.53. The molecule has 0 radical (unpaired) electrons. The van der Waals surface area contributed by atoms with E-state index in [1.54, 1.807) is 17.5 Å². The number of pyridine rings is 1. The molecule has 4 heteroatoms. The van der Waals surface area contributed by atoms with Crippen LogP contribution in [-0.2, 0) is 0 Å². The molecule has 84 valence electrons. The zero-order valence-electron chi connectivity index (χ0n) is 9.34. The lowest BCUT2D eigenvalue weighted by Gasteiger charge is -2.06. The van der Waals surface area contributed by atoms with Crippen LogP contribution in [0.2, 0.25) is 0 Å². The molecule has 0 saturated heterocycles. The summed E-state index contributed by atoms with van der Waals surface area (Å²) in [6.07, 6.45) is 1.79. The number of hydrogen-bond donors (Lipinski definition) is 1. The van der Waals surface area contributed by atoms with Crippen LogP contribution < -0.4 is 5.32 Å². The van der Waals surface area contributed by atoms with Gasteiger partial charge in [-0.2, -0.15) is 0 Å². The normalized spacial score (nSPS) is 10.6. The van der Waals surface area contributed by atoms with Crippen molar-refractivity contribution in [2.75, 3.05) is 5.32 Å². The number of thiazole rings is 1. The van der Waals surface area contributed by atoms with Crippen LogP contribution in [0.1, 0.15) is 5.69 Å². The van der Waals surface area contributed by atoms with Crippen LogP contribution in [0.15, 0.2) is 41.9 Å². The summed E-state index contributed by atoms with van der Waals surface area (Å²) in [5.41, 5.74) is 3.01. The molecule has 0 saturated carbocycles. The first-order chi connectivity index (χ1) is 8.33. The summed E-state index contributed by atoms with van der Waals surface area (Å²) in [4.78, 5) is 8.79. The molecule has 0 atom stereocenters. The maximum atomic E-state index is 4.57. The molecule has 0 bridgehead atoms. The van der Waals surface area contributed by atoms with Gasteiger partial charge in [-0.25, -0.2) is 4.98 Å². The Kier molecular flexibility index (Phi) is 2.49. The lowest BCUT2D eigenvalue weighted by Crippen LogP contribution is -1.93. The zero-order valence-corrected chi connectivity index (χ0v) is 10.2. The van der Waals surface area contributed by atoms with Crippen LogP contribution in [0, 0.1) is 6.92 Å². The predicted octanol–water partition coefficient (Wildman–Crippen LogP) is 3.74. The van der Waals surface area contributed by atoms with Crippen molar-refractivity contribution in [3.63, 3.8) is 0 Å². The number of aryl methyl sites for hydroxylation is 1. The number of hydrogen-bond acceptors (Lipinski definition) is 4. The number of nitrogens with one attached hydrogen (secondary N) is 1. The van der Waals surface area contributed by atoms with Crippen LogP contribution in [0.3, 0.4) is 0 Å². The number of aromatic nitrogens is 2. The predicted molar refractivity (Wildman–Crippen MR) is 71.9 cm³/mol. The first-order valence-electron chi connectivity index (χ1n) is 5.36. The molecule has 1 aromatic carbocycles. The summed E-state index contributed by atoms with van der Waals surface area (Å²) in [7, 11) is 0. The molecule has 0 spiro atoms. The van der Waals surface area contributed by atoms with Crippen molar-refractivity contribution in [3.8, 4) is 0 Å². The molecule has 0 aliphatic rings. The van der Waals surface area contributed by atoms with Crippen molar-refractivity contribution >= 4 is 33.1 Å². The first-order valence-corrected chi connectivity index (χ1v) is 6.24. The van der Waals surface area contributed by atoms with E-state index in [4.69, 9.17) is 0 Å². The smallest absolute Gasteiger partial charge is 0.187 e. The minimum atomic E-state index is 0.890. The second-order valence-electron chi connectivity index (χ2n) is 3.79. The van der Waals surface area contributed by atoms with Crippen LogP contribution >= 0.6 is 11.3 Å². The summed E-state index contributed by atoms with van der Waals surface area (Å²) in [5.74, 6) is 0. The van der Waals surface area contributed by atoms with E-state index >= 15 is 0 Å². The van der Waals surface area contributed by atoms with E-state index in [1.807, 2.05) is 30.5 Å². The highest BCUT2D eigenvalue weighted by atomic mass is 32.1. The van der Waals surface area contributed by atoms with Gasteiger partial charge in [0, 0.05) is 22.7 Å². The first kappa shape index (κ1) is 10.2. The SMILES string of the molecule is Cc1ccc2cccc(Nc3nccs3)c2n1. The molecule has 0 amide bonds. The van der Waals surface area contributed by atoms with Crippen molar-refractivity contribution in [2.45, 2.75) is 6.92 Å². The van der Waals surface area contributed by atoms with Crippen molar-refractivity contribution in [2.24, 2.45) is 0 Å². The fourth-order valence-corrected chi connectivity index (χ4v) is 2.29. The second kappa shape index (κ2) is 4.14. The van der Waals surface area contributed by atoms with Gasteiger partial charge >= 0.3 is 0 Å². The summed E-state index contributed by atoms with van der Waals surface area (Å²) in [6.45, 7) is 2.00. The maximum Gasteiger partial charge on any atom is 0.187 e. The zero-order chi connectivity index (χ0) is 11.7. The number of rotatable bonds is 2. The Bertz CT molecular complexity index is 647. The number of para-hydroxylation sites is 1. The summed E-state index contributed by atoms with van der Waals surface area (Å²) in [5, 5.41) is 7.28. The molecule has 2 heterocycles. The van der Waals surface area contributed by atoms with Crippen LogP contribution in [0.5, 0.6) is 0 Å². The molecule has 0 aliphatic heterocycles. The number of fused-ring (bicyclic) bond motifs is 1. The summed E-state index contributed by atoms with van der Waals surface area (Å²) >= 11 is 1.58. The van der Waals surface area contributed by atoms with Crippen LogP contribution in [0.4, 0.5) is 10.8 Å². The van der Waals surface area contributed by atoms with Crippen LogP contribution in [0.25, 0.3) is 10.9 Å². The molecule has 0 aliphatic carbocycles. The molecule has 0 fully saturated rings. The van der Waals surface area contributed by atoms with E-state index in [0.29, 0.717) is 0 Å². The number of anilines is 2. The Labute approximate surface area is 103 Å². The van der Waals surface area contributed by atoms with Crippen molar-refractivity contribution in [1.29, 1.82) is 0 Å². The second-order valence-corrected chi connectivity index (χ2v) is 4.69. The number of benzene rings is 1. The van der Waals surface area contributed by atoms with E-state index in [-0.39, 0.29) is 0 Å². The van der Waals surface area contributed by atoms with E-state index in [2.05, 4.69) is 27.4 Å². The molecule has 3 rings (SSSR count). The molecule has 17 heavy (non-hydrogen) atoms. The third kappa shape index (κ3) is 1.99.